The number of amides is 2. The third kappa shape index (κ3) is 4.52. The van der Waals surface area contributed by atoms with Crippen LogP contribution in [0.2, 0.25) is 0 Å². The van der Waals surface area contributed by atoms with Gasteiger partial charge in [0.15, 0.2) is 5.76 Å². The van der Waals surface area contributed by atoms with Gasteiger partial charge in [-0.3, -0.25) is 9.59 Å². The van der Waals surface area contributed by atoms with Gasteiger partial charge in [0.25, 0.3) is 11.8 Å². The second kappa shape index (κ2) is 8.35. The number of hydrogen-bond donors (Lipinski definition) is 2. The molecule has 2 amide bonds. The molecule has 2 aromatic heterocycles. The Balaban J connectivity index is 1.61. The van der Waals surface area contributed by atoms with E-state index in [1.54, 1.807) is 42.6 Å². The second-order valence-corrected chi connectivity index (χ2v) is 6.23. The number of furan rings is 1. The van der Waals surface area contributed by atoms with Crippen LogP contribution in [0.25, 0.3) is 0 Å². The van der Waals surface area contributed by atoms with Gasteiger partial charge in [-0.25, -0.2) is 4.98 Å². The minimum absolute atomic E-state index is 0.173. The Hall–Kier alpha value is -3.06. The number of pyridine rings is 1. The summed E-state index contributed by atoms with van der Waals surface area (Å²) in [6.07, 6.45) is 4.97. The number of carbonyl (C=O) groups is 2. The number of anilines is 1. The van der Waals surface area contributed by atoms with E-state index < -0.39 is 0 Å². The maximum absolute atomic E-state index is 12.3. The molecule has 7 heteroatoms. The van der Waals surface area contributed by atoms with Crippen molar-refractivity contribution in [2.45, 2.75) is 11.6 Å². The van der Waals surface area contributed by atoms with E-state index >= 15 is 0 Å². The van der Waals surface area contributed by atoms with Crippen LogP contribution in [0.1, 0.15) is 26.5 Å². The highest BCUT2D eigenvalue weighted by Crippen LogP contribution is 2.14. The van der Waals surface area contributed by atoms with Crippen LogP contribution in [-0.4, -0.2) is 23.1 Å². The van der Waals surface area contributed by atoms with E-state index in [0.29, 0.717) is 17.8 Å². The lowest BCUT2D eigenvalue weighted by molar-refractivity contribution is 0.0949. The molecule has 0 aliphatic rings. The first kappa shape index (κ1) is 17.8. The quantitative estimate of drug-likeness (QED) is 0.651. The number of carbonyl (C=O) groups excluding carboxylic acids is 2. The van der Waals surface area contributed by atoms with Crippen molar-refractivity contribution < 1.29 is 14.0 Å². The van der Waals surface area contributed by atoms with Gasteiger partial charge in [0.2, 0.25) is 0 Å². The smallest absolute Gasteiger partial charge is 0.291 e. The average Bonchev–Trinajstić information content (AvgIpc) is 3.21. The third-order valence-electron chi connectivity index (χ3n) is 3.59. The molecule has 0 bridgehead atoms. The molecule has 2 N–H and O–H groups in total. The molecule has 3 rings (SSSR count). The summed E-state index contributed by atoms with van der Waals surface area (Å²) in [5.41, 5.74) is 2.06. The predicted octanol–water partition coefficient (Wildman–Crippen LogP) is 3.58. The molecular formula is C19H17N3O3S. The minimum atomic E-state index is -0.322. The number of hydrogen-bond acceptors (Lipinski definition) is 5. The van der Waals surface area contributed by atoms with Crippen LogP contribution < -0.4 is 10.6 Å². The first-order valence-electron chi connectivity index (χ1n) is 7.88. The fourth-order valence-corrected chi connectivity index (χ4v) is 2.72. The highest BCUT2D eigenvalue weighted by molar-refractivity contribution is 7.98. The van der Waals surface area contributed by atoms with E-state index in [1.165, 1.54) is 18.0 Å². The van der Waals surface area contributed by atoms with Crippen LogP contribution in [0.3, 0.4) is 0 Å². The number of thioether (sulfide) groups is 1. The number of benzene rings is 1. The van der Waals surface area contributed by atoms with Crippen LogP contribution in [-0.2, 0) is 6.54 Å². The Bertz CT molecular complexity index is 910. The monoisotopic (exact) mass is 367 g/mol. The van der Waals surface area contributed by atoms with E-state index in [1.807, 2.05) is 18.4 Å². The van der Waals surface area contributed by atoms with Crippen molar-refractivity contribution in [3.63, 3.8) is 0 Å². The van der Waals surface area contributed by atoms with Crippen molar-refractivity contribution in [3.05, 3.63) is 77.9 Å². The summed E-state index contributed by atoms with van der Waals surface area (Å²) in [7, 11) is 0. The van der Waals surface area contributed by atoms with Gasteiger partial charge in [-0.2, -0.15) is 0 Å². The Morgan fingerprint density at radius 2 is 2.00 bits per heavy atom. The fourth-order valence-electron chi connectivity index (χ4n) is 2.31. The third-order valence-corrected chi connectivity index (χ3v) is 4.23. The van der Waals surface area contributed by atoms with Gasteiger partial charge in [-0.15, -0.1) is 11.8 Å². The molecule has 6 nitrogen and oxygen atoms in total. The van der Waals surface area contributed by atoms with Crippen LogP contribution >= 0.6 is 11.8 Å². The normalized spacial score (nSPS) is 10.3. The maximum Gasteiger partial charge on any atom is 0.291 e. The molecule has 2 heterocycles. The van der Waals surface area contributed by atoms with Gasteiger partial charge in [-0.05, 0) is 48.2 Å². The summed E-state index contributed by atoms with van der Waals surface area (Å²) in [6, 6.07) is 14.0. The van der Waals surface area contributed by atoms with Gasteiger partial charge in [-0.1, -0.05) is 12.1 Å². The molecule has 0 atom stereocenters. The van der Waals surface area contributed by atoms with Crippen LogP contribution in [0.5, 0.6) is 0 Å². The summed E-state index contributed by atoms with van der Waals surface area (Å²) in [5, 5.41) is 6.42. The molecule has 0 fully saturated rings. The molecule has 0 saturated heterocycles. The zero-order valence-corrected chi connectivity index (χ0v) is 14.9. The second-order valence-electron chi connectivity index (χ2n) is 5.40. The van der Waals surface area contributed by atoms with Crippen molar-refractivity contribution in [3.8, 4) is 0 Å². The molecule has 1 aromatic carbocycles. The number of rotatable bonds is 6. The highest BCUT2D eigenvalue weighted by Gasteiger charge is 2.10. The van der Waals surface area contributed by atoms with Crippen molar-refractivity contribution >= 4 is 29.3 Å². The number of nitrogens with zero attached hydrogens (tertiary/aromatic N) is 1. The topological polar surface area (TPSA) is 84.2 Å². The van der Waals surface area contributed by atoms with Gasteiger partial charge in [0.05, 0.1) is 11.3 Å². The molecule has 0 aliphatic heterocycles. The summed E-state index contributed by atoms with van der Waals surface area (Å²) >= 11 is 1.48. The molecule has 26 heavy (non-hydrogen) atoms. The van der Waals surface area contributed by atoms with Gasteiger partial charge in [0.1, 0.15) is 0 Å². The van der Waals surface area contributed by atoms with E-state index in [2.05, 4.69) is 15.6 Å². The first-order valence-corrected chi connectivity index (χ1v) is 9.10. The maximum atomic E-state index is 12.3. The van der Waals surface area contributed by atoms with Gasteiger partial charge < -0.3 is 15.1 Å². The van der Waals surface area contributed by atoms with Crippen LogP contribution in [0, 0.1) is 0 Å². The Morgan fingerprint density at radius 3 is 2.77 bits per heavy atom. The Kier molecular flexibility index (Phi) is 5.70. The highest BCUT2D eigenvalue weighted by atomic mass is 32.2. The van der Waals surface area contributed by atoms with Crippen molar-refractivity contribution in [2.24, 2.45) is 0 Å². The van der Waals surface area contributed by atoms with E-state index in [-0.39, 0.29) is 17.6 Å². The summed E-state index contributed by atoms with van der Waals surface area (Å²) in [4.78, 5) is 28.4. The molecule has 0 aliphatic carbocycles. The van der Waals surface area contributed by atoms with E-state index in [9.17, 15) is 9.59 Å². The molecular weight excluding hydrogens is 350 g/mol. The Labute approximate surface area is 155 Å². The lowest BCUT2D eigenvalue weighted by atomic mass is 10.2. The minimum Gasteiger partial charge on any atom is -0.459 e. The zero-order chi connectivity index (χ0) is 18.4. The van der Waals surface area contributed by atoms with Crippen molar-refractivity contribution in [1.82, 2.24) is 10.3 Å². The number of aromatic nitrogens is 1. The largest absolute Gasteiger partial charge is 0.459 e. The summed E-state index contributed by atoms with van der Waals surface area (Å²) in [5.74, 6) is -0.253. The lowest BCUT2D eigenvalue weighted by Gasteiger charge is -2.08. The molecule has 0 radical (unpaired) electrons. The SMILES string of the molecule is CSc1cc(C(=O)NCc2cccc(NC(=O)c3ccco3)c2)ccn1. The lowest BCUT2D eigenvalue weighted by Crippen LogP contribution is -2.23. The van der Waals surface area contributed by atoms with Crippen molar-refractivity contribution in [1.29, 1.82) is 0 Å². The fraction of sp³-hybridized carbons (Fsp3) is 0.105. The first-order chi connectivity index (χ1) is 12.7. The predicted molar refractivity (Wildman–Crippen MR) is 100 cm³/mol. The molecule has 0 saturated carbocycles. The van der Waals surface area contributed by atoms with E-state index in [0.717, 1.165) is 10.6 Å². The van der Waals surface area contributed by atoms with Crippen LogP contribution in [0.4, 0.5) is 5.69 Å². The molecule has 0 unspecified atom stereocenters. The number of nitrogens with one attached hydrogen (secondary N) is 2. The molecule has 0 spiro atoms. The average molecular weight is 367 g/mol. The standard InChI is InChI=1S/C19H17N3O3S/c1-26-17-11-14(7-8-20-17)18(23)21-12-13-4-2-5-15(10-13)22-19(24)16-6-3-9-25-16/h2-11H,12H2,1H3,(H,21,23)(H,22,24). The zero-order valence-electron chi connectivity index (χ0n) is 14.1. The summed E-state index contributed by atoms with van der Waals surface area (Å²) < 4.78 is 5.07. The van der Waals surface area contributed by atoms with Gasteiger partial charge in [0, 0.05) is 24.0 Å². The molecule has 3 aromatic rings. The van der Waals surface area contributed by atoms with Crippen LogP contribution in [0.15, 0.2) is 70.4 Å². The Morgan fingerprint density at radius 1 is 1.12 bits per heavy atom. The molecule has 132 valence electrons. The van der Waals surface area contributed by atoms with Crippen molar-refractivity contribution in [2.75, 3.05) is 11.6 Å². The van der Waals surface area contributed by atoms with E-state index in [4.69, 9.17) is 4.42 Å². The summed E-state index contributed by atoms with van der Waals surface area (Å²) in [6.45, 7) is 0.347. The van der Waals surface area contributed by atoms with Gasteiger partial charge >= 0.3 is 0 Å².